The molecule has 0 saturated carbocycles. The van der Waals surface area contributed by atoms with Gasteiger partial charge >= 0.3 is 0 Å². The normalized spacial score (nSPS) is 10.2. The molecule has 106 valence electrons. The van der Waals surface area contributed by atoms with Gasteiger partial charge in [0.25, 0.3) is 5.91 Å². The van der Waals surface area contributed by atoms with Gasteiger partial charge in [-0.1, -0.05) is 0 Å². The lowest BCUT2D eigenvalue weighted by Crippen LogP contribution is -2.37. The average Bonchev–Trinajstić information content (AvgIpc) is 3.07. The Morgan fingerprint density at radius 3 is 2.85 bits per heavy atom. The minimum Gasteiger partial charge on any atom is -0.354 e. The molecule has 2 aromatic heterocycles. The quantitative estimate of drug-likeness (QED) is 0.738. The number of carbonyl (C=O) groups is 2. The molecule has 2 rings (SSSR count). The predicted molar refractivity (Wildman–Crippen MR) is 76.7 cm³/mol. The van der Waals surface area contributed by atoms with E-state index in [1.807, 2.05) is 13.0 Å². The maximum atomic E-state index is 11.7. The predicted octanol–water partition coefficient (Wildman–Crippen LogP) is 0.868. The molecule has 0 aromatic carbocycles. The van der Waals surface area contributed by atoms with Gasteiger partial charge in [0.05, 0.1) is 11.4 Å². The van der Waals surface area contributed by atoms with Gasteiger partial charge in [0.15, 0.2) is 0 Å². The Labute approximate surface area is 120 Å². The zero-order valence-corrected chi connectivity index (χ0v) is 11.9. The van der Waals surface area contributed by atoms with Crippen molar-refractivity contribution in [3.63, 3.8) is 0 Å². The van der Waals surface area contributed by atoms with Gasteiger partial charge in [0.1, 0.15) is 5.82 Å². The fraction of sp³-hybridized carbons (Fsp3) is 0.308. The Kier molecular flexibility index (Phi) is 4.89. The minimum atomic E-state index is -0.218. The Morgan fingerprint density at radius 1 is 1.35 bits per heavy atom. The summed E-state index contributed by atoms with van der Waals surface area (Å²) in [6, 6.07) is 3.63. The van der Waals surface area contributed by atoms with E-state index in [0.717, 1.165) is 10.7 Å². The first-order chi connectivity index (χ1) is 9.65. The molecule has 0 bridgehead atoms. The van der Waals surface area contributed by atoms with Crippen LogP contribution in [0.5, 0.6) is 0 Å². The molecule has 2 aromatic rings. The molecule has 0 radical (unpaired) electrons. The maximum absolute atomic E-state index is 11.7. The largest absolute Gasteiger partial charge is 0.354 e. The van der Waals surface area contributed by atoms with E-state index in [9.17, 15) is 9.59 Å². The van der Waals surface area contributed by atoms with Crippen molar-refractivity contribution in [2.75, 3.05) is 13.1 Å². The number of amides is 2. The van der Waals surface area contributed by atoms with E-state index in [2.05, 4.69) is 20.6 Å². The van der Waals surface area contributed by atoms with E-state index in [0.29, 0.717) is 17.8 Å². The Balaban J connectivity index is 1.66. The van der Waals surface area contributed by atoms with Crippen molar-refractivity contribution < 1.29 is 9.59 Å². The van der Waals surface area contributed by atoms with E-state index in [4.69, 9.17) is 0 Å². The second kappa shape index (κ2) is 6.85. The van der Waals surface area contributed by atoms with Gasteiger partial charge in [-0.05, 0) is 19.1 Å². The first-order valence-electron chi connectivity index (χ1n) is 6.25. The van der Waals surface area contributed by atoms with Crippen LogP contribution in [0, 0.1) is 6.92 Å². The van der Waals surface area contributed by atoms with Crippen molar-refractivity contribution in [2.24, 2.45) is 0 Å². The molecule has 0 atom stereocenters. The lowest BCUT2D eigenvalue weighted by atomic mass is 10.4. The van der Waals surface area contributed by atoms with Gasteiger partial charge in [-0.25, -0.2) is 4.98 Å². The highest BCUT2D eigenvalue weighted by molar-refractivity contribution is 7.13. The Bertz CT molecular complexity index is 577. The zero-order chi connectivity index (χ0) is 14.4. The highest BCUT2D eigenvalue weighted by Gasteiger charge is 2.09. The van der Waals surface area contributed by atoms with Crippen LogP contribution in [0.1, 0.15) is 20.4 Å². The monoisotopic (exact) mass is 292 g/mol. The zero-order valence-electron chi connectivity index (χ0n) is 11.1. The lowest BCUT2D eigenvalue weighted by molar-refractivity contribution is -0.120. The topological polar surface area (TPSA) is 86.9 Å². The second-order valence-electron chi connectivity index (χ2n) is 4.23. The van der Waals surface area contributed by atoms with Crippen LogP contribution >= 0.6 is 11.3 Å². The summed E-state index contributed by atoms with van der Waals surface area (Å²) in [7, 11) is 0. The third kappa shape index (κ3) is 4.20. The third-order valence-electron chi connectivity index (χ3n) is 2.61. The van der Waals surface area contributed by atoms with Crippen LogP contribution in [-0.4, -0.2) is 34.9 Å². The van der Waals surface area contributed by atoms with Crippen LogP contribution < -0.4 is 10.6 Å². The first kappa shape index (κ1) is 14.3. The van der Waals surface area contributed by atoms with E-state index in [1.165, 1.54) is 11.3 Å². The van der Waals surface area contributed by atoms with Crippen molar-refractivity contribution in [2.45, 2.75) is 13.3 Å². The van der Waals surface area contributed by atoms with Crippen molar-refractivity contribution in [1.82, 2.24) is 20.6 Å². The van der Waals surface area contributed by atoms with Crippen molar-refractivity contribution in [3.05, 3.63) is 40.1 Å². The van der Waals surface area contributed by atoms with E-state index >= 15 is 0 Å². The number of rotatable bonds is 6. The fourth-order valence-corrected chi connectivity index (χ4v) is 2.41. The SMILES string of the molecule is Cc1ccc(C(=O)NCC(=O)NCCc2ncc[nH]2)s1. The van der Waals surface area contributed by atoms with Gasteiger partial charge in [-0.3, -0.25) is 9.59 Å². The summed E-state index contributed by atoms with van der Waals surface area (Å²) in [5.74, 6) is 0.394. The van der Waals surface area contributed by atoms with Crippen LogP contribution in [0.3, 0.4) is 0 Å². The lowest BCUT2D eigenvalue weighted by Gasteiger charge is -2.05. The summed E-state index contributed by atoms with van der Waals surface area (Å²) < 4.78 is 0. The smallest absolute Gasteiger partial charge is 0.261 e. The molecular formula is C13H16N4O2S. The number of nitrogens with one attached hydrogen (secondary N) is 3. The number of thiophene rings is 1. The molecule has 3 N–H and O–H groups in total. The third-order valence-corrected chi connectivity index (χ3v) is 3.61. The molecule has 0 spiro atoms. The van der Waals surface area contributed by atoms with Crippen LogP contribution in [0.25, 0.3) is 0 Å². The van der Waals surface area contributed by atoms with Crippen molar-refractivity contribution in [3.8, 4) is 0 Å². The van der Waals surface area contributed by atoms with Crippen LogP contribution in [0.2, 0.25) is 0 Å². The molecule has 0 fully saturated rings. The van der Waals surface area contributed by atoms with Crippen LogP contribution in [-0.2, 0) is 11.2 Å². The van der Waals surface area contributed by atoms with Gasteiger partial charge in [-0.2, -0.15) is 0 Å². The minimum absolute atomic E-state index is 0.0199. The molecule has 0 unspecified atom stereocenters. The summed E-state index contributed by atoms with van der Waals surface area (Å²) in [4.78, 5) is 32.0. The number of hydrogen-bond acceptors (Lipinski definition) is 4. The number of hydrogen-bond donors (Lipinski definition) is 3. The van der Waals surface area contributed by atoms with Gasteiger partial charge in [-0.15, -0.1) is 11.3 Å². The van der Waals surface area contributed by atoms with Gasteiger partial charge < -0.3 is 15.6 Å². The molecule has 6 nitrogen and oxygen atoms in total. The molecule has 2 amide bonds. The number of H-pyrrole nitrogens is 1. The molecule has 0 saturated heterocycles. The van der Waals surface area contributed by atoms with E-state index < -0.39 is 0 Å². The van der Waals surface area contributed by atoms with Crippen molar-refractivity contribution in [1.29, 1.82) is 0 Å². The Morgan fingerprint density at radius 2 is 2.20 bits per heavy atom. The molecule has 0 aliphatic heterocycles. The Hall–Kier alpha value is -2.15. The highest BCUT2D eigenvalue weighted by Crippen LogP contribution is 2.14. The van der Waals surface area contributed by atoms with E-state index in [1.54, 1.807) is 18.5 Å². The van der Waals surface area contributed by atoms with Crippen LogP contribution in [0.15, 0.2) is 24.5 Å². The molecule has 0 aliphatic rings. The summed E-state index contributed by atoms with van der Waals surface area (Å²) in [6.07, 6.45) is 4.04. The molecule has 7 heteroatoms. The number of nitrogens with zero attached hydrogens (tertiary/aromatic N) is 1. The fourth-order valence-electron chi connectivity index (χ4n) is 1.62. The van der Waals surface area contributed by atoms with Gasteiger partial charge in [0.2, 0.25) is 5.91 Å². The standard InChI is InChI=1S/C13H16N4O2S/c1-9-2-3-10(20-9)13(19)17-8-12(18)16-5-4-11-14-6-7-15-11/h2-3,6-7H,4-5,8H2,1H3,(H,14,15)(H,16,18)(H,17,19). The summed E-state index contributed by atoms with van der Waals surface area (Å²) in [5.41, 5.74) is 0. The maximum Gasteiger partial charge on any atom is 0.261 e. The second-order valence-corrected chi connectivity index (χ2v) is 5.52. The molecule has 2 heterocycles. The highest BCUT2D eigenvalue weighted by atomic mass is 32.1. The number of aromatic amines is 1. The number of imidazole rings is 1. The molecular weight excluding hydrogens is 276 g/mol. The summed E-state index contributed by atoms with van der Waals surface area (Å²) >= 11 is 1.41. The number of aromatic nitrogens is 2. The first-order valence-corrected chi connectivity index (χ1v) is 7.06. The average molecular weight is 292 g/mol. The summed E-state index contributed by atoms with van der Waals surface area (Å²) in [5, 5.41) is 5.31. The van der Waals surface area contributed by atoms with E-state index in [-0.39, 0.29) is 18.4 Å². The van der Waals surface area contributed by atoms with Gasteiger partial charge in [0, 0.05) is 30.2 Å². The number of carbonyl (C=O) groups excluding carboxylic acids is 2. The number of aryl methyl sites for hydroxylation is 1. The molecule has 0 aliphatic carbocycles. The summed E-state index contributed by atoms with van der Waals surface area (Å²) in [6.45, 7) is 2.40. The van der Waals surface area contributed by atoms with Crippen LogP contribution in [0.4, 0.5) is 0 Å². The molecule has 20 heavy (non-hydrogen) atoms. The van der Waals surface area contributed by atoms with Crippen molar-refractivity contribution >= 4 is 23.2 Å².